The molecule has 0 atom stereocenters. The smallest absolute Gasteiger partial charge is 0.330 e. The molecule has 2 heterocycles. The molecule has 0 aliphatic carbocycles. The van der Waals surface area contributed by atoms with Crippen LogP contribution >= 0.6 is 0 Å². The maximum absolute atomic E-state index is 13.3. The molecule has 1 aromatic carbocycles. The number of anilines is 1. The zero-order valence-corrected chi connectivity index (χ0v) is 15.2. The fraction of sp³-hybridized carbons (Fsp3) is 0.350. The summed E-state index contributed by atoms with van der Waals surface area (Å²) in [6, 6.07) is 5.68. The highest BCUT2D eigenvalue weighted by Crippen LogP contribution is 2.17. The van der Waals surface area contributed by atoms with Crippen molar-refractivity contribution >= 4 is 17.9 Å². The van der Waals surface area contributed by atoms with Gasteiger partial charge in [-0.25, -0.2) is 14.2 Å². The summed E-state index contributed by atoms with van der Waals surface area (Å²) in [4.78, 5) is 31.0. The second kappa shape index (κ2) is 8.62. The predicted molar refractivity (Wildman–Crippen MR) is 102 cm³/mol. The Morgan fingerprint density at radius 2 is 1.93 bits per heavy atom. The molecule has 6 nitrogen and oxygen atoms in total. The summed E-state index contributed by atoms with van der Waals surface area (Å²) >= 11 is 0. The topological polar surface area (TPSA) is 64.4 Å². The molecule has 1 aliphatic rings. The molecule has 0 N–H and O–H groups in total. The van der Waals surface area contributed by atoms with E-state index in [2.05, 4.69) is 4.98 Å². The zero-order chi connectivity index (χ0) is 19.2. The molecular weight excluding hydrogens is 349 g/mol. The Kier molecular flexibility index (Phi) is 6.01. The highest BCUT2D eigenvalue weighted by atomic mass is 19.1. The Labute approximate surface area is 156 Å². The molecule has 0 amide bonds. The second-order valence-electron chi connectivity index (χ2n) is 6.27. The lowest BCUT2D eigenvalue weighted by Gasteiger charge is -2.27. The molecule has 1 saturated heterocycles. The molecule has 1 aromatic heterocycles. The molecule has 0 saturated carbocycles. The second-order valence-corrected chi connectivity index (χ2v) is 6.27. The van der Waals surface area contributed by atoms with Crippen LogP contribution in [0.4, 0.5) is 10.2 Å². The van der Waals surface area contributed by atoms with Crippen molar-refractivity contribution in [2.24, 2.45) is 0 Å². The third-order valence-electron chi connectivity index (χ3n) is 4.34. The molecular formula is C20H22FN3O3. The van der Waals surface area contributed by atoms with Crippen LogP contribution in [0.25, 0.3) is 11.8 Å². The van der Waals surface area contributed by atoms with Crippen LogP contribution in [-0.4, -0.2) is 35.2 Å². The van der Waals surface area contributed by atoms with Crippen LogP contribution < -0.4 is 10.5 Å². The van der Waals surface area contributed by atoms with Gasteiger partial charge < -0.3 is 9.64 Å². The van der Waals surface area contributed by atoms with Crippen molar-refractivity contribution in [1.82, 2.24) is 9.55 Å². The van der Waals surface area contributed by atoms with E-state index in [1.54, 1.807) is 13.1 Å². The van der Waals surface area contributed by atoms with Gasteiger partial charge in [0, 0.05) is 31.0 Å². The number of nitrogens with zero attached hydrogens (tertiary/aromatic N) is 3. The van der Waals surface area contributed by atoms with Gasteiger partial charge in [0.15, 0.2) is 5.82 Å². The van der Waals surface area contributed by atoms with Crippen molar-refractivity contribution in [3.63, 3.8) is 0 Å². The summed E-state index contributed by atoms with van der Waals surface area (Å²) in [7, 11) is 0. The van der Waals surface area contributed by atoms with E-state index >= 15 is 0 Å². The van der Waals surface area contributed by atoms with E-state index in [0.717, 1.165) is 32.4 Å². The van der Waals surface area contributed by atoms with Gasteiger partial charge in [-0.05, 0) is 56.5 Å². The number of carbonyl (C=O) groups excluding carboxylic acids is 1. The third kappa shape index (κ3) is 4.61. The minimum absolute atomic E-state index is 0.267. The number of rotatable bonds is 5. The SMILES string of the molecule is CCOC(=O)/C=C/c1cn(-c2ccc(F)cc2)c(=O)c(N2CCCCC2)n1. The Hall–Kier alpha value is -2.96. The first-order valence-corrected chi connectivity index (χ1v) is 9.08. The van der Waals surface area contributed by atoms with E-state index in [1.807, 2.05) is 4.90 Å². The lowest BCUT2D eigenvalue weighted by atomic mass is 10.1. The molecule has 0 unspecified atom stereocenters. The summed E-state index contributed by atoms with van der Waals surface area (Å²) in [5.74, 6) is -0.511. The molecule has 0 spiro atoms. The Morgan fingerprint density at radius 1 is 1.22 bits per heavy atom. The number of benzene rings is 1. The van der Waals surface area contributed by atoms with Crippen molar-refractivity contribution in [1.29, 1.82) is 0 Å². The predicted octanol–water partition coefficient (Wildman–Crippen LogP) is 2.94. The lowest BCUT2D eigenvalue weighted by Crippen LogP contribution is -2.37. The number of halogens is 1. The minimum Gasteiger partial charge on any atom is -0.463 e. The van der Waals surface area contributed by atoms with Gasteiger partial charge in [-0.3, -0.25) is 9.36 Å². The maximum Gasteiger partial charge on any atom is 0.330 e. The molecule has 7 heteroatoms. The average Bonchev–Trinajstić information content (AvgIpc) is 2.69. The van der Waals surface area contributed by atoms with Gasteiger partial charge in [0.2, 0.25) is 0 Å². The Balaban J connectivity index is 2.05. The van der Waals surface area contributed by atoms with Crippen LogP contribution in [0.1, 0.15) is 31.9 Å². The minimum atomic E-state index is -0.474. The van der Waals surface area contributed by atoms with E-state index < -0.39 is 5.97 Å². The molecule has 3 rings (SSSR count). The summed E-state index contributed by atoms with van der Waals surface area (Å²) in [6.45, 7) is 3.53. The number of ether oxygens (including phenoxy) is 1. The van der Waals surface area contributed by atoms with E-state index in [0.29, 0.717) is 17.2 Å². The molecule has 0 bridgehead atoms. The van der Waals surface area contributed by atoms with Crippen LogP contribution in [0.3, 0.4) is 0 Å². The molecule has 2 aromatic rings. The first kappa shape index (κ1) is 18.8. The molecule has 0 radical (unpaired) electrons. The summed E-state index contributed by atoms with van der Waals surface area (Å²) in [6.07, 6.45) is 7.47. The number of aromatic nitrogens is 2. The lowest BCUT2D eigenvalue weighted by molar-refractivity contribution is -0.137. The summed E-state index contributed by atoms with van der Waals surface area (Å²) in [5.41, 5.74) is 0.720. The summed E-state index contributed by atoms with van der Waals surface area (Å²) < 4.78 is 19.6. The van der Waals surface area contributed by atoms with Crippen molar-refractivity contribution in [2.45, 2.75) is 26.2 Å². The average molecular weight is 371 g/mol. The number of hydrogen-bond donors (Lipinski definition) is 0. The van der Waals surface area contributed by atoms with E-state index in [-0.39, 0.29) is 18.0 Å². The van der Waals surface area contributed by atoms with Crippen molar-refractivity contribution in [2.75, 3.05) is 24.6 Å². The third-order valence-corrected chi connectivity index (χ3v) is 4.34. The highest BCUT2D eigenvalue weighted by Gasteiger charge is 2.18. The number of piperidine rings is 1. The van der Waals surface area contributed by atoms with Crippen molar-refractivity contribution in [3.05, 3.63) is 58.4 Å². The van der Waals surface area contributed by atoms with E-state index in [4.69, 9.17) is 4.74 Å². The largest absolute Gasteiger partial charge is 0.463 e. The van der Waals surface area contributed by atoms with Gasteiger partial charge >= 0.3 is 5.97 Å². The van der Waals surface area contributed by atoms with E-state index in [9.17, 15) is 14.0 Å². The molecule has 1 fully saturated rings. The maximum atomic E-state index is 13.3. The van der Waals surface area contributed by atoms with Crippen LogP contribution in [0.15, 0.2) is 41.3 Å². The Morgan fingerprint density at radius 3 is 2.59 bits per heavy atom. The van der Waals surface area contributed by atoms with Crippen LogP contribution in [0.5, 0.6) is 0 Å². The molecule has 142 valence electrons. The van der Waals surface area contributed by atoms with Crippen molar-refractivity contribution < 1.29 is 13.9 Å². The van der Waals surface area contributed by atoms with Crippen LogP contribution in [0, 0.1) is 5.82 Å². The van der Waals surface area contributed by atoms with Crippen LogP contribution in [0.2, 0.25) is 0 Å². The van der Waals surface area contributed by atoms with Gasteiger partial charge in [-0.2, -0.15) is 0 Å². The van der Waals surface area contributed by atoms with Gasteiger partial charge in [-0.1, -0.05) is 0 Å². The van der Waals surface area contributed by atoms with Gasteiger partial charge in [0.1, 0.15) is 5.82 Å². The van der Waals surface area contributed by atoms with E-state index in [1.165, 1.54) is 41.0 Å². The fourth-order valence-electron chi connectivity index (χ4n) is 3.03. The standard InChI is InChI=1S/C20H22FN3O3/c1-2-27-18(25)11-8-16-14-24(17-9-6-15(21)7-10-17)20(26)19(22-16)23-12-4-3-5-13-23/h6-11,14H,2-5,12-13H2,1H3/b11-8+. The van der Waals surface area contributed by atoms with Gasteiger partial charge in [0.25, 0.3) is 5.56 Å². The first-order valence-electron chi connectivity index (χ1n) is 9.08. The normalized spacial score (nSPS) is 14.5. The monoisotopic (exact) mass is 371 g/mol. The number of hydrogen-bond acceptors (Lipinski definition) is 5. The van der Waals surface area contributed by atoms with Gasteiger partial charge in [-0.15, -0.1) is 0 Å². The van der Waals surface area contributed by atoms with Gasteiger partial charge in [0.05, 0.1) is 12.3 Å². The first-order chi connectivity index (χ1) is 13.1. The van der Waals surface area contributed by atoms with Crippen molar-refractivity contribution in [3.8, 4) is 5.69 Å². The molecule has 1 aliphatic heterocycles. The van der Waals surface area contributed by atoms with Crippen LogP contribution in [-0.2, 0) is 9.53 Å². The Bertz CT molecular complexity index is 884. The quantitative estimate of drug-likeness (QED) is 0.597. The fourth-order valence-corrected chi connectivity index (χ4v) is 3.03. The summed E-state index contributed by atoms with van der Waals surface area (Å²) in [5, 5.41) is 0. The number of carbonyl (C=O) groups is 1. The highest BCUT2D eigenvalue weighted by molar-refractivity contribution is 5.86. The molecule has 27 heavy (non-hydrogen) atoms. The zero-order valence-electron chi connectivity index (χ0n) is 15.2. The number of esters is 1.